The van der Waals surface area contributed by atoms with Crippen LogP contribution < -0.4 is 10.2 Å². The van der Waals surface area contributed by atoms with Crippen molar-refractivity contribution in [1.82, 2.24) is 5.32 Å². The number of amides is 2. The largest absolute Gasteiger partial charge is 0.481 e. The minimum atomic E-state index is -0.878. The van der Waals surface area contributed by atoms with Crippen LogP contribution in [0.4, 0.5) is 5.69 Å². The van der Waals surface area contributed by atoms with Gasteiger partial charge < -0.3 is 5.11 Å². The first-order chi connectivity index (χ1) is 15.8. The Hall–Kier alpha value is -3.81. The van der Waals surface area contributed by atoms with Crippen LogP contribution in [0.1, 0.15) is 11.1 Å². The zero-order chi connectivity index (χ0) is 23.5. The number of thiocarbonyl (C=S) groups is 1. The van der Waals surface area contributed by atoms with Crippen LogP contribution in [-0.2, 0) is 20.8 Å². The topological polar surface area (TPSA) is 86.7 Å². The number of nitrogens with zero attached hydrogens (tertiary/aromatic N) is 1. The van der Waals surface area contributed by atoms with E-state index in [1.165, 1.54) is 11.0 Å². The lowest BCUT2D eigenvalue weighted by molar-refractivity contribution is -0.136. The van der Waals surface area contributed by atoms with Gasteiger partial charge >= 0.3 is 5.97 Å². The molecule has 4 rings (SSSR count). The summed E-state index contributed by atoms with van der Waals surface area (Å²) in [6, 6.07) is 21.2. The van der Waals surface area contributed by atoms with Gasteiger partial charge in [-0.25, -0.2) is 0 Å². The molecule has 0 aliphatic carbocycles. The number of rotatable bonds is 5. The van der Waals surface area contributed by atoms with E-state index in [0.29, 0.717) is 16.3 Å². The summed E-state index contributed by atoms with van der Waals surface area (Å²) in [5.41, 5.74) is 3.70. The Balaban J connectivity index is 1.58. The van der Waals surface area contributed by atoms with Crippen LogP contribution in [-0.4, -0.2) is 28.0 Å². The number of carboxylic acids is 1. The van der Waals surface area contributed by atoms with E-state index in [1.807, 2.05) is 24.3 Å². The van der Waals surface area contributed by atoms with Gasteiger partial charge in [-0.05, 0) is 64.8 Å². The average molecular weight is 477 g/mol. The van der Waals surface area contributed by atoms with Crippen molar-refractivity contribution in [2.24, 2.45) is 0 Å². The Morgan fingerprint density at radius 2 is 1.52 bits per heavy atom. The van der Waals surface area contributed by atoms with Crippen LogP contribution in [0.25, 0.3) is 17.2 Å². The summed E-state index contributed by atoms with van der Waals surface area (Å²) < 4.78 is 0. The molecule has 1 aliphatic rings. The van der Waals surface area contributed by atoms with Crippen molar-refractivity contribution >= 4 is 58.5 Å². The van der Waals surface area contributed by atoms with Crippen LogP contribution in [0.5, 0.6) is 0 Å². The molecule has 3 aromatic rings. The van der Waals surface area contributed by atoms with E-state index in [9.17, 15) is 14.4 Å². The van der Waals surface area contributed by atoms with Crippen molar-refractivity contribution in [3.63, 3.8) is 0 Å². The fourth-order valence-electron chi connectivity index (χ4n) is 3.41. The predicted molar refractivity (Wildman–Crippen MR) is 131 cm³/mol. The van der Waals surface area contributed by atoms with Gasteiger partial charge in [-0.2, -0.15) is 0 Å². The number of carboxylic acid groups (broad SMARTS) is 1. The molecule has 8 heteroatoms. The summed E-state index contributed by atoms with van der Waals surface area (Å²) in [4.78, 5) is 37.6. The molecule has 2 N–H and O–H groups in total. The lowest BCUT2D eigenvalue weighted by atomic mass is 10.0. The van der Waals surface area contributed by atoms with Gasteiger partial charge in [0.05, 0.1) is 12.1 Å². The van der Waals surface area contributed by atoms with Gasteiger partial charge in [0.2, 0.25) is 0 Å². The standard InChI is InChI=1S/C25H17ClN2O4S/c26-19-9-11-20(12-10-19)28-24(32)21(23(31)27-25(28)33)13-15-1-5-17(6-2-15)18-7-3-16(4-8-18)14-22(29)30/h1-13H,14H2,(H,29,30)(H,27,31,33). The van der Waals surface area contributed by atoms with E-state index in [0.717, 1.165) is 16.7 Å². The molecule has 0 atom stereocenters. The van der Waals surface area contributed by atoms with Crippen LogP contribution in [0, 0.1) is 0 Å². The summed E-state index contributed by atoms with van der Waals surface area (Å²) >= 11 is 11.1. The molecule has 0 radical (unpaired) electrons. The first-order valence-corrected chi connectivity index (χ1v) is 10.7. The van der Waals surface area contributed by atoms with Crippen LogP contribution in [0.15, 0.2) is 78.4 Å². The third-order valence-corrected chi connectivity index (χ3v) is 5.59. The van der Waals surface area contributed by atoms with Gasteiger partial charge in [0, 0.05) is 5.02 Å². The second-order valence-electron chi connectivity index (χ2n) is 7.32. The number of anilines is 1. The van der Waals surface area contributed by atoms with Crippen molar-refractivity contribution in [3.8, 4) is 11.1 Å². The third-order valence-electron chi connectivity index (χ3n) is 5.05. The highest BCUT2D eigenvalue weighted by molar-refractivity contribution is 7.80. The van der Waals surface area contributed by atoms with Gasteiger partial charge in [-0.3, -0.25) is 24.6 Å². The predicted octanol–water partition coefficient (Wildman–Crippen LogP) is 4.47. The number of carbonyl (C=O) groups is 3. The maximum atomic E-state index is 13.1. The molecular weight excluding hydrogens is 460 g/mol. The van der Waals surface area contributed by atoms with Crippen molar-refractivity contribution in [2.45, 2.75) is 6.42 Å². The Bertz CT molecular complexity index is 1280. The maximum Gasteiger partial charge on any atom is 0.307 e. The Labute approximate surface area is 200 Å². The number of benzene rings is 3. The van der Waals surface area contributed by atoms with Crippen molar-refractivity contribution < 1.29 is 19.5 Å². The fraction of sp³-hybridized carbons (Fsp3) is 0.0400. The number of nitrogens with one attached hydrogen (secondary N) is 1. The normalized spacial score (nSPS) is 15.0. The minimum absolute atomic E-state index is 0.00571. The summed E-state index contributed by atoms with van der Waals surface area (Å²) in [7, 11) is 0. The number of carbonyl (C=O) groups excluding carboxylic acids is 2. The van der Waals surface area contributed by atoms with Crippen molar-refractivity contribution in [3.05, 3.63) is 94.5 Å². The molecule has 164 valence electrons. The van der Waals surface area contributed by atoms with E-state index < -0.39 is 17.8 Å². The van der Waals surface area contributed by atoms with E-state index in [1.54, 1.807) is 48.5 Å². The monoisotopic (exact) mass is 476 g/mol. The lowest BCUT2D eigenvalue weighted by Crippen LogP contribution is -2.54. The Morgan fingerprint density at radius 3 is 2.09 bits per heavy atom. The highest BCUT2D eigenvalue weighted by atomic mass is 35.5. The van der Waals surface area contributed by atoms with Gasteiger partial charge in [0.25, 0.3) is 11.8 Å². The zero-order valence-corrected chi connectivity index (χ0v) is 18.7. The number of hydrogen-bond acceptors (Lipinski definition) is 4. The summed E-state index contributed by atoms with van der Waals surface area (Å²) in [6.07, 6.45) is 1.49. The van der Waals surface area contributed by atoms with Crippen molar-refractivity contribution in [1.29, 1.82) is 0 Å². The number of hydrogen-bond donors (Lipinski definition) is 2. The first-order valence-electron chi connectivity index (χ1n) is 9.90. The second-order valence-corrected chi connectivity index (χ2v) is 8.15. The molecule has 2 amide bonds. The second kappa shape index (κ2) is 9.36. The molecule has 1 fully saturated rings. The van der Waals surface area contributed by atoms with Crippen LogP contribution in [0.2, 0.25) is 5.02 Å². The molecule has 1 saturated heterocycles. The van der Waals surface area contributed by atoms with Gasteiger partial charge in [-0.15, -0.1) is 0 Å². The molecule has 0 bridgehead atoms. The Morgan fingerprint density at radius 1 is 0.939 bits per heavy atom. The number of aliphatic carboxylic acids is 1. The summed E-state index contributed by atoms with van der Waals surface area (Å²) in [6.45, 7) is 0. The molecule has 1 aliphatic heterocycles. The molecule has 33 heavy (non-hydrogen) atoms. The minimum Gasteiger partial charge on any atom is -0.481 e. The van der Waals surface area contributed by atoms with E-state index in [4.69, 9.17) is 28.9 Å². The maximum absolute atomic E-state index is 13.1. The third kappa shape index (κ3) is 5.00. The molecule has 0 aromatic heterocycles. The highest BCUT2D eigenvalue weighted by Crippen LogP contribution is 2.25. The molecule has 0 unspecified atom stereocenters. The van der Waals surface area contributed by atoms with Crippen LogP contribution in [0.3, 0.4) is 0 Å². The van der Waals surface area contributed by atoms with E-state index in [2.05, 4.69) is 5.32 Å². The SMILES string of the molecule is O=C(O)Cc1ccc(-c2ccc(C=C3C(=O)NC(=S)N(c4ccc(Cl)cc4)C3=O)cc2)cc1. The van der Waals surface area contributed by atoms with Crippen LogP contribution >= 0.6 is 23.8 Å². The van der Waals surface area contributed by atoms with E-state index in [-0.39, 0.29) is 17.1 Å². The molecule has 1 heterocycles. The number of halogens is 1. The van der Waals surface area contributed by atoms with Crippen molar-refractivity contribution in [2.75, 3.05) is 4.90 Å². The van der Waals surface area contributed by atoms with E-state index >= 15 is 0 Å². The lowest BCUT2D eigenvalue weighted by Gasteiger charge is -2.28. The van der Waals surface area contributed by atoms with Gasteiger partial charge in [-0.1, -0.05) is 60.1 Å². The molecule has 0 saturated carbocycles. The molecular formula is C25H17ClN2O4S. The highest BCUT2D eigenvalue weighted by Gasteiger charge is 2.34. The van der Waals surface area contributed by atoms with Gasteiger partial charge in [0.1, 0.15) is 5.57 Å². The zero-order valence-electron chi connectivity index (χ0n) is 17.1. The summed E-state index contributed by atoms with van der Waals surface area (Å²) in [5.74, 6) is -1.96. The Kier molecular flexibility index (Phi) is 6.35. The molecule has 3 aromatic carbocycles. The average Bonchev–Trinajstić information content (AvgIpc) is 2.78. The van der Waals surface area contributed by atoms with Gasteiger partial charge in [0.15, 0.2) is 5.11 Å². The molecule has 0 spiro atoms. The quantitative estimate of drug-likeness (QED) is 0.322. The first kappa shape index (κ1) is 22.4. The fourth-order valence-corrected chi connectivity index (χ4v) is 3.82. The smallest absolute Gasteiger partial charge is 0.307 e. The molecule has 6 nitrogen and oxygen atoms in total. The summed E-state index contributed by atoms with van der Waals surface area (Å²) in [5, 5.41) is 12.0.